The first-order chi connectivity index (χ1) is 9.72. The lowest BCUT2D eigenvalue weighted by molar-refractivity contribution is 0.374. The monoisotopic (exact) mass is 295 g/mol. The molecule has 2 aliphatic carbocycles. The summed E-state index contributed by atoms with van der Waals surface area (Å²) in [5.41, 5.74) is 1.15. The van der Waals surface area contributed by atoms with Gasteiger partial charge in [-0.1, -0.05) is 18.0 Å². The number of halogens is 1. The largest absolute Gasteiger partial charge is 0.495 e. The predicted octanol–water partition coefficient (Wildman–Crippen LogP) is 3.66. The fourth-order valence-corrected chi connectivity index (χ4v) is 4.42. The number of methoxy groups -OCH3 is 2. The number of fused-ring (bicyclic) bond motifs is 1. The number of hydrogen-bond donors (Lipinski definition) is 1. The van der Waals surface area contributed by atoms with Gasteiger partial charge in [0.1, 0.15) is 16.5 Å². The van der Waals surface area contributed by atoms with Crippen molar-refractivity contribution in [3.63, 3.8) is 0 Å². The van der Waals surface area contributed by atoms with Crippen LogP contribution in [0, 0.1) is 17.8 Å². The molecule has 0 aromatic heterocycles. The van der Waals surface area contributed by atoms with Crippen molar-refractivity contribution in [3.8, 4) is 11.5 Å². The van der Waals surface area contributed by atoms with E-state index in [4.69, 9.17) is 21.1 Å². The molecule has 0 saturated heterocycles. The van der Waals surface area contributed by atoms with Gasteiger partial charge in [-0.15, -0.1) is 0 Å². The van der Waals surface area contributed by atoms with Crippen molar-refractivity contribution in [2.75, 3.05) is 21.3 Å². The number of hydrogen-bond acceptors (Lipinski definition) is 3. The third-order valence-electron chi connectivity index (χ3n) is 5.02. The van der Waals surface area contributed by atoms with Crippen LogP contribution in [0.2, 0.25) is 5.02 Å². The molecule has 1 aromatic rings. The van der Waals surface area contributed by atoms with E-state index < -0.39 is 0 Å². The molecule has 0 heterocycles. The maximum atomic E-state index is 6.38. The van der Waals surface area contributed by atoms with Gasteiger partial charge in [-0.25, -0.2) is 0 Å². The standard InChI is InChI=1S/C16H22ClNO2/c1-18-15(13-9-5-4-6-10(9)13)11-7-8-12(19-2)14(17)16(11)20-3/h7-10,13,15,18H,4-6H2,1-3H3. The highest BCUT2D eigenvalue weighted by Gasteiger charge is 2.56. The fourth-order valence-electron chi connectivity index (χ4n) is 4.09. The van der Waals surface area contributed by atoms with Crippen LogP contribution in [-0.4, -0.2) is 21.3 Å². The molecule has 0 amide bonds. The normalized spacial score (nSPS) is 28.9. The van der Waals surface area contributed by atoms with Gasteiger partial charge in [-0.2, -0.15) is 0 Å². The van der Waals surface area contributed by atoms with Crippen LogP contribution >= 0.6 is 11.6 Å². The molecular formula is C16H22ClNO2. The highest BCUT2D eigenvalue weighted by molar-refractivity contribution is 6.33. The van der Waals surface area contributed by atoms with Gasteiger partial charge < -0.3 is 14.8 Å². The molecule has 0 aliphatic heterocycles. The highest BCUT2D eigenvalue weighted by atomic mass is 35.5. The Kier molecular flexibility index (Phi) is 3.83. The van der Waals surface area contributed by atoms with Gasteiger partial charge >= 0.3 is 0 Å². The summed E-state index contributed by atoms with van der Waals surface area (Å²) in [5, 5.41) is 4.04. The molecular weight excluding hydrogens is 274 g/mol. The van der Waals surface area contributed by atoms with Gasteiger partial charge in [0.15, 0.2) is 0 Å². The van der Waals surface area contributed by atoms with E-state index in [0.717, 1.165) is 29.1 Å². The highest BCUT2D eigenvalue weighted by Crippen LogP contribution is 2.63. The zero-order valence-corrected chi connectivity index (χ0v) is 13.0. The Balaban J connectivity index is 1.93. The third-order valence-corrected chi connectivity index (χ3v) is 5.38. The Morgan fingerprint density at radius 3 is 2.45 bits per heavy atom. The van der Waals surface area contributed by atoms with E-state index in [1.54, 1.807) is 14.2 Å². The Morgan fingerprint density at radius 1 is 1.20 bits per heavy atom. The lowest BCUT2D eigenvalue weighted by Crippen LogP contribution is -2.21. The quantitative estimate of drug-likeness (QED) is 0.899. The van der Waals surface area contributed by atoms with E-state index >= 15 is 0 Å². The number of nitrogens with one attached hydrogen (secondary N) is 1. The first-order valence-electron chi connectivity index (χ1n) is 7.30. The van der Waals surface area contributed by atoms with Gasteiger partial charge in [-0.3, -0.25) is 0 Å². The van der Waals surface area contributed by atoms with Crippen molar-refractivity contribution in [1.82, 2.24) is 5.32 Å². The van der Waals surface area contributed by atoms with E-state index in [-0.39, 0.29) is 0 Å². The Hall–Kier alpha value is -0.930. The molecule has 4 heteroatoms. The fraction of sp³-hybridized carbons (Fsp3) is 0.625. The van der Waals surface area contributed by atoms with Crippen molar-refractivity contribution < 1.29 is 9.47 Å². The molecule has 0 radical (unpaired) electrons. The van der Waals surface area contributed by atoms with E-state index in [1.807, 2.05) is 13.1 Å². The molecule has 3 nitrogen and oxygen atoms in total. The molecule has 2 fully saturated rings. The number of ether oxygens (including phenoxy) is 2. The molecule has 20 heavy (non-hydrogen) atoms. The predicted molar refractivity (Wildman–Crippen MR) is 80.7 cm³/mol. The molecule has 3 unspecified atom stereocenters. The molecule has 3 atom stereocenters. The minimum absolute atomic E-state index is 0.323. The summed E-state index contributed by atoms with van der Waals surface area (Å²) in [4.78, 5) is 0. The summed E-state index contributed by atoms with van der Waals surface area (Å²) in [7, 11) is 5.32. The van der Waals surface area contributed by atoms with E-state index in [9.17, 15) is 0 Å². The minimum atomic E-state index is 0.323. The van der Waals surface area contributed by atoms with Crippen molar-refractivity contribution in [2.45, 2.75) is 25.3 Å². The molecule has 1 N–H and O–H groups in total. The van der Waals surface area contributed by atoms with E-state index in [1.165, 1.54) is 19.3 Å². The summed E-state index contributed by atoms with van der Waals surface area (Å²) in [6, 6.07) is 4.34. The summed E-state index contributed by atoms with van der Waals surface area (Å²) in [6.45, 7) is 0. The number of benzene rings is 1. The zero-order chi connectivity index (χ0) is 14.3. The van der Waals surface area contributed by atoms with Crippen LogP contribution in [0.3, 0.4) is 0 Å². The van der Waals surface area contributed by atoms with Crippen molar-refractivity contribution in [1.29, 1.82) is 0 Å². The van der Waals surface area contributed by atoms with Crippen LogP contribution in [0.15, 0.2) is 12.1 Å². The van der Waals surface area contributed by atoms with Gasteiger partial charge in [0.25, 0.3) is 0 Å². The topological polar surface area (TPSA) is 30.5 Å². The number of rotatable bonds is 5. The van der Waals surface area contributed by atoms with Crippen LogP contribution in [-0.2, 0) is 0 Å². The van der Waals surface area contributed by atoms with Crippen LogP contribution < -0.4 is 14.8 Å². The smallest absolute Gasteiger partial charge is 0.146 e. The van der Waals surface area contributed by atoms with Crippen LogP contribution in [0.25, 0.3) is 0 Å². The zero-order valence-electron chi connectivity index (χ0n) is 12.3. The summed E-state index contributed by atoms with van der Waals surface area (Å²) in [6.07, 6.45) is 4.14. The summed E-state index contributed by atoms with van der Waals surface area (Å²) < 4.78 is 10.8. The molecule has 2 saturated carbocycles. The van der Waals surface area contributed by atoms with Crippen LogP contribution in [0.5, 0.6) is 11.5 Å². The SMILES string of the molecule is CNC(c1ccc(OC)c(Cl)c1OC)C1C2CCCC21. The molecule has 110 valence electrons. The van der Waals surface area contributed by atoms with E-state index in [2.05, 4.69) is 11.4 Å². The third kappa shape index (κ3) is 2.08. The first-order valence-corrected chi connectivity index (χ1v) is 7.68. The summed E-state index contributed by atoms with van der Waals surface area (Å²) >= 11 is 6.38. The second-order valence-corrected chi connectivity index (χ2v) is 6.18. The minimum Gasteiger partial charge on any atom is -0.495 e. The van der Waals surface area contributed by atoms with Gasteiger partial charge in [-0.05, 0) is 49.8 Å². The lowest BCUT2D eigenvalue weighted by Gasteiger charge is -2.22. The molecule has 0 bridgehead atoms. The van der Waals surface area contributed by atoms with Crippen LogP contribution in [0.4, 0.5) is 0 Å². The second kappa shape index (κ2) is 5.45. The second-order valence-electron chi connectivity index (χ2n) is 5.81. The van der Waals surface area contributed by atoms with E-state index in [0.29, 0.717) is 16.8 Å². The average molecular weight is 296 g/mol. The molecule has 0 spiro atoms. The van der Waals surface area contributed by atoms with Crippen molar-refractivity contribution >= 4 is 11.6 Å². The van der Waals surface area contributed by atoms with Gasteiger partial charge in [0, 0.05) is 11.6 Å². The first kappa shape index (κ1) is 14.0. The Bertz CT molecular complexity index is 495. The maximum Gasteiger partial charge on any atom is 0.146 e. The maximum absolute atomic E-state index is 6.38. The average Bonchev–Trinajstić information content (AvgIpc) is 2.93. The van der Waals surface area contributed by atoms with Gasteiger partial charge in [0.2, 0.25) is 0 Å². The Labute approximate surface area is 125 Å². The lowest BCUT2D eigenvalue weighted by atomic mass is 9.96. The summed E-state index contributed by atoms with van der Waals surface area (Å²) in [5.74, 6) is 3.91. The van der Waals surface area contributed by atoms with Gasteiger partial charge in [0.05, 0.1) is 14.2 Å². The molecule has 2 aliphatic rings. The Morgan fingerprint density at radius 2 is 1.90 bits per heavy atom. The van der Waals surface area contributed by atoms with Crippen molar-refractivity contribution in [2.24, 2.45) is 17.8 Å². The van der Waals surface area contributed by atoms with Crippen LogP contribution in [0.1, 0.15) is 30.9 Å². The molecule has 3 rings (SSSR count). The van der Waals surface area contributed by atoms with Crippen molar-refractivity contribution in [3.05, 3.63) is 22.7 Å². The molecule has 1 aromatic carbocycles.